The van der Waals surface area contributed by atoms with Crippen molar-refractivity contribution in [1.29, 1.82) is 0 Å². The molecule has 0 saturated carbocycles. The summed E-state index contributed by atoms with van der Waals surface area (Å²) in [5, 5.41) is 8.60. The Labute approximate surface area is 93.2 Å². The highest BCUT2D eigenvalue weighted by molar-refractivity contribution is 7.89. The molecule has 2 N–H and O–H groups in total. The van der Waals surface area contributed by atoms with E-state index in [1.807, 2.05) is 0 Å². The van der Waals surface area contributed by atoms with Crippen LogP contribution in [0.15, 0.2) is 17.6 Å². The molecule has 0 fully saturated rings. The predicted molar refractivity (Wildman–Crippen MR) is 55.2 cm³/mol. The van der Waals surface area contributed by atoms with Gasteiger partial charge in [-0.15, -0.1) is 0 Å². The van der Waals surface area contributed by atoms with Gasteiger partial charge in [-0.2, -0.15) is 4.72 Å². The summed E-state index contributed by atoms with van der Waals surface area (Å²) in [7, 11) is -2.29. The molecule has 90 valence electrons. The van der Waals surface area contributed by atoms with Gasteiger partial charge in [0.1, 0.15) is 5.54 Å². The van der Waals surface area contributed by atoms with Crippen LogP contribution in [0, 0.1) is 0 Å². The number of hydrogen-bond donors (Lipinski definition) is 2. The Kier molecular flexibility index (Phi) is 3.06. The van der Waals surface area contributed by atoms with Crippen molar-refractivity contribution in [2.45, 2.75) is 24.4 Å². The van der Waals surface area contributed by atoms with E-state index in [1.54, 1.807) is 7.05 Å². The second-order valence-corrected chi connectivity index (χ2v) is 5.54. The van der Waals surface area contributed by atoms with Gasteiger partial charge in [0.15, 0.2) is 5.03 Å². The molecule has 1 aromatic rings. The fraction of sp³-hybridized carbons (Fsp3) is 0.500. The first-order valence-electron chi connectivity index (χ1n) is 4.40. The number of rotatable bonds is 4. The minimum Gasteiger partial charge on any atom is -0.480 e. The Morgan fingerprint density at radius 2 is 2.12 bits per heavy atom. The molecule has 0 radical (unpaired) electrons. The molecule has 7 nitrogen and oxygen atoms in total. The number of nitrogens with zero attached hydrogens (tertiary/aromatic N) is 2. The molecule has 0 saturated heterocycles. The van der Waals surface area contributed by atoms with Gasteiger partial charge in [-0.1, -0.05) is 0 Å². The van der Waals surface area contributed by atoms with Gasteiger partial charge in [0.05, 0.1) is 6.33 Å². The summed E-state index contributed by atoms with van der Waals surface area (Å²) in [6.45, 7) is 2.52. The van der Waals surface area contributed by atoms with Gasteiger partial charge in [0, 0.05) is 13.2 Å². The highest BCUT2D eigenvalue weighted by Crippen LogP contribution is 2.10. The van der Waals surface area contributed by atoms with Gasteiger partial charge in [-0.05, 0) is 13.8 Å². The van der Waals surface area contributed by atoms with Gasteiger partial charge in [0.2, 0.25) is 0 Å². The predicted octanol–water partition coefficient (Wildman–Crippen LogP) is -0.438. The first-order valence-corrected chi connectivity index (χ1v) is 5.89. The number of nitrogens with one attached hydrogen (secondary N) is 1. The highest BCUT2D eigenvalue weighted by Gasteiger charge is 2.33. The van der Waals surface area contributed by atoms with E-state index in [2.05, 4.69) is 9.71 Å². The fourth-order valence-electron chi connectivity index (χ4n) is 0.959. The minimum absolute atomic E-state index is 0.204. The first kappa shape index (κ1) is 12.7. The number of imidazole rings is 1. The number of carboxylic acids is 1. The second-order valence-electron chi connectivity index (χ2n) is 3.91. The summed E-state index contributed by atoms with van der Waals surface area (Å²) < 4.78 is 26.9. The Morgan fingerprint density at radius 1 is 1.56 bits per heavy atom. The quantitative estimate of drug-likeness (QED) is 0.751. The molecule has 0 unspecified atom stereocenters. The Hall–Kier alpha value is -1.41. The van der Waals surface area contributed by atoms with Crippen LogP contribution >= 0.6 is 0 Å². The van der Waals surface area contributed by atoms with Gasteiger partial charge in [-0.3, -0.25) is 4.79 Å². The van der Waals surface area contributed by atoms with Crippen LogP contribution in [0.5, 0.6) is 0 Å². The number of carbonyl (C=O) groups is 1. The Bertz CT molecular complexity index is 503. The molecule has 0 aromatic carbocycles. The van der Waals surface area contributed by atoms with Crippen molar-refractivity contribution < 1.29 is 18.3 Å². The molecule has 1 rings (SSSR count). The smallest absolute Gasteiger partial charge is 0.324 e. The molecule has 0 aliphatic carbocycles. The zero-order valence-electron chi connectivity index (χ0n) is 9.13. The van der Waals surface area contributed by atoms with Crippen LogP contribution in [0.25, 0.3) is 0 Å². The van der Waals surface area contributed by atoms with E-state index >= 15 is 0 Å². The van der Waals surface area contributed by atoms with Crippen LogP contribution in [0.2, 0.25) is 0 Å². The molecule has 1 aromatic heterocycles. The van der Waals surface area contributed by atoms with Crippen LogP contribution in [0.3, 0.4) is 0 Å². The van der Waals surface area contributed by atoms with Crippen molar-refractivity contribution in [1.82, 2.24) is 14.3 Å². The van der Waals surface area contributed by atoms with Crippen LogP contribution in [-0.2, 0) is 21.9 Å². The average molecular weight is 247 g/mol. The van der Waals surface area contributed by atoms with Gasteiger partial charge in [-0.25, -0.2) is 13.4 Å². The van der Waals surface area contributed by atoms with E-state index in [9.17, 15) is 13.2 Å². The number of aromatic nitrogens is 2. The number of carboxylic acid groups (broad SMARTS) is 1. The van der Waals surface area contributed by atoms with Gasteiger partial charge >= 0.3 is 5.97 Å². The lowest BCUT2D eigenvalue weighted by Crippen LogP contribution is -2.49. The summed E-state index contributed by atoms with van der Waals surface area (Å²) in [6, 6.07) is 0. The zero-order chi connectivity index (χ0) is 12.6. The number of sulfonamides is 1. The normalized spacial score (nSPS) is 12.7. The molecule has 0 bridgehead atoms. The molecule has 16 heavy (non-hydrogen) atoms. The van der Waals surface area contributed by atoms with Crippen LogP contribution in [0.4, 0.5) is 0 Å². The number of hydrogen-bond acceptors (Lipinski definition) is 4. The molecule has 0 amide bonds. The van der Waals surface area contributed by atoms with Gasteiger partial charge in [0.25, 0.3) is 10.0 Å². The molecule has 1 heterocycles. The van der Waals surface area contributed by atoms with E-state index < -0.39 is 21.5 Å². The van der Waals surface area contributed by atoms with Crippen molar-refractivity contribution >= 4 is 16.0 Å². The van der Waals surface area contributed by atoms with E-state index in [-0.39, 0.29) is 5.03 Å². The first-order chi connectivity index (χ1) is 7.15. The lowest BCUT2D eigenvalue weighted by molar-refractivity contribution is -0.142. The second kappa shape index (κ2) is 3.87. The molecular weight excluding hydrogens is 234 g/mol. The highest BCUT2D eigenvalue weighted by atomic mass is 32.2. The van der Waals surface area contributed by atoms with E-state index in [4.69, 9.17) is 5.11 Å². The molecular formula is C8H13N3O4S. The van der Waals surface area contributed by atoms with Crippen LogP contribution < -0.4 is 4.72 Å². The third kappa shape index (κ3) is 2.58. The third-order valence-corrected chi connectivity index (χ3v) is 3.42. The SMILES string of the molecule is Cn1cnc(S(=O)(=O)NC(C)(C)C(=O)O)c1. The summed E-state index contributed by atoms with van der Waals surface area (Å²) in [5.41, 5.74) is -1.57. The number of aliphatic carboxylic acids is 1. The van der Waals surface area contributed by atoms with Crippen LogP contribution in [-0.4, -0.2) is 34.6 Å². The summed E-state index contributed by atoms with van der Waals surface area (Å²) >= 11 is 0. The van der Waals surface area contributed by atoms with Gasteiger partial charge < -0.3 is 9.67 Å². The third-order valence-electron chi connectivity index (χ3n) is 1.88. The van der Waals surface area contributed by atoms with E-state index in [0.717, 1.165) is 0 Å². The average Bonchev–Trinajstić information content (AvgIpc) is 2.50. The Balaban J connectivity index is 3.02. The van der Waals surface area contributed by atoms with Crippen molar-refractivity contribution in [3.05, 3.63) is 12.5 Å². The molecule has 8 heteroatoms. The van der Waals surface area contributed by atoms with Crippen molar-refractivity contribution in [3.63, 3.8) is 0 Å². The van der Waals surface area contributed by atoms with Crippen LogP contribution in [0.1, 0.15) is 13.8 Å². The summed E-state index contributed by atoms with van der Waals surface area (Å²) in [5.74, 6) is -1.26. The standard InChI is InChI=1S/C8H13N3O4S/c1-8(2,7(12)13)10-16(14,15)6-4-11(3)5-9-6/h4-5,10H,1-3H3,(H,12,13). The molecule has 0 atom stereocenters. The van der Waals surface area contributed by atoms with Crippen molar-refractivity contribution in [2.24, 2.45) is 7.05 Å². The Morgan fingerprint density at radius 3 is 2.50 bits per heavy atom. The maximum absolute atomic E-state index is 11.7. The van der Waals surface area contributed by atoms with E-state index in [0.29, 0.717) is 0 Å². The molecule has 0 spiro atoms. The van der Waals surface area contributed by atoms with E-state index in [1.165, 1.54) is 30.9 Å². The van der Waals surface area contributed by atoms with Crippen molar-refractivity contribution in [2.75, 3.05) is 0 Å². The lowest BCUT2D eigenvalue weighted by atomic mass is 10.1. The zero-order valence-corrected chi connectivity index (χ0v) is 9.95. The molecule has 0 aliphatic rings. The topological polar surface area (TPSA) is 101 Å². The largest absolute Gasteiger partial charge is 0.480 e. The van der Waals surface area contributed by atoms with Crippen molar-refractivity contribution in [3.8, 4) is 0 Å². The maximum atomic E-state index is 11.7. The molecule has 0 aliphatic heterocycles. The number of aryl methyl sites for hydroxylation is 1. The lowest BCUT2D eigenvalue weighted by Gasteiger charge is -2.19. The fourth-order valence-corrected chi connectivity index (χ4v) is 2.31. The summed E-state index contributed by atoms with van der Waals surface area (Å²) in [4.78, 5) is 14.4. The maximum Gasteiger partial charge on any atom is 0.324 e. The minimum atomic E-state index is -3.90. The summed E-state index contributed by atoms with van der Waals surface area (Å²) in [6.07, 6.45) is 2.61. The monoisotopic (exact) mass is 247 g/mol.